The minimum Gasteiger partial charge on any atom is -0.310 e. The molecule has 2 saturated carbocycles. The standard InChI is InChI=1S/C28H52N2/c1-7-10-22-20(5)26-18(3)11-9-12-25(26)29-27(22)21-13-14-24-23(16-21)19(4)17-28(6,30-24)15-8-2/h18-27,29-30H,7-17H2,1-6H3. The van der Waals surface area contributed by atoms with Gasteiger partial charge >= 0.3 is 0 Å². The van der Waals surface area contributed by atoms with Crippen LogP contribution in [0, 0.1) is 41.4 Å². The largest absolute Gasteiger partial charge is 0.310 e. The topological polar surface area (TPSA) is 24.1 Å². The summed E-state index contributed by atoms with van der Waals surface area (Å²) in [4.78, 5) is 0. The summed E-state index contributed by atoms with van der Waals surface area (Å²) >= 11 is 0. The van der Waals surface area contributed by atoms with Gasteiger partial charge < -0.3 is 10.6 Å². The number of nitrogens with one attached hydrogen (secondary N) is 2. The Morgan fingerprint density at radius 3 is 2.43 bits per heavy atom. The number of hydrogen-bond acceptors (Lipinski definition) is 2. The fraction of sp³-hybridized carbons (Fsp3) is 1.00. The molecule has 0 spiro atoms. The Morgan fingerprint density at radius 1 is 0.900 bits per heavy atom. The maximum Gasteiger partial charge on any atom is 0.0158 e. The molecule has 0 radical (unpaired) electrons. The Hall–Kier alpha value is -0.0800. The molecule has 4 fully saturated rings. The second-order valence-corrected chi connectivity index (χ2v) is 12.6. The lowest BCUT2D eigenvalue weighted by Gasteiger charge is -2.57. The van der Waals surface area contributed by atoms with E-state index in [4.69, 9.17) is 0 Å². The van der Waals surface area contributed by atoms with Crippen LogP contribution in [0.3, 0.4) is 0 Å². The highest BCUT2D eigenvalue weighted by atomic mass is 15.0. The summed E-state index contributed by atoms with van der Waals surface area (Å²) in [5, 5.41) is 8.51. The average molecular weight is 417 g/mol. The van der Waals surface area contributed by atoms with Crippen molar-refractivity contribution in [1.29, 1.82) is 0 Å². The van der Waals surface area contributed by atoms with Crippen LogP contribution in [0.1, 0.15) is 112 Å². The first-order chi connectivity index (χ1) is 14.4. The second kappa shape index (κ2) is 9.42. The first-order valence-electron chi connectivity index (χ1n) is 13.9. The molecule has 2 N–H and O–H groups in total. The third kappa shape index (κ3) is 4.39. The quantitative estimate of drug-likeness (QED) is 0.515. The minimum atomic E-state index is 0.385. The van der Waals surface area contributed by atoms with E-state index in [2.05, 4.69) is 52.2 Å². The van der Waals surface area contributed by atoms with Gasteiger partial charge in [0, 0.05) is 23.7 Å². The molecule has 2 saturated heterocycles. The number of fused-ring (bicyclic) bond motifs is 2. The predicted molar refractivity (Wildman–Crippen MR) is 130 cm³/mol. The summed E-state index contributed by atoms with van der Waals surface area (Å²) in [5.74, 6) is 6.33. The van der Waals surface area contributed by atoms with Gasteiger partial charge in [0.1, 0.15) is 0 Å². The smallest absolute Gasteiger partial charge is 0.0158 e. The van der Waals surface area contributed by atoms with Crippen molar-refractivity contribution < 1.29 is 0 Å². The van der Waals surface area contributed by atoms with Crippen molar-refractivity contribution >= 4 is 0 Å². The van der Waals surface area contributed by atoms with E-state index in [-0.39, 0.29) is 0 Å². The average Bonchev–Trinajstić information content (AvgIpc) is 2.69. The van der Waals surface area contributed by atoms with Crippen LogP contribution in [0.5, 0.6) is 0 Å². The Bertz CT molecular complexity index is 561. The molecular formula is C28H52N2. The van der Waals surface area contributed by atoms with Gasteiger partial charge in [-0.1, -0.05) is 60.3 Å². The number of rotatable bonds is 5. The Morgan fingerprint density at radius 2 is 1.70 bits per heavy atom. The van der Waals surface area contributed by atoms with Gasteiger partial charge in [0.2, 0.25) is 0 Å². The summed E-state index contributed by atoms with van der Waals surface area (Å²) in [5.41, 5.74) is 0.385. The summed E-state index contributed by atoms with van der Waals surface area (Å²) in [7, 11) is 0. The molecule has 11 unspecified atom stereocenters. The van der Waals surface area contributed by atoms with Crippen LogP contribution in [-0.2, 0) is 0 Å². The van der Waals surface area contributed by atoms with Gasteiger partial charge in [0.15, 0.2) is 0 Å². The SMILES string of the molecule is CCCC1C(C)C2C(C)CCCC2NC1C1CCC2NC(C)(CCC)CC(C)C2C1. The van der Waals surface area contributed by atoms with Gasteiger partial charge in [-0.2, -0.15) is 0 Å². The molecule has 174 valence electrons. The highest BCUT2D eigenvalue weighted by Crippen LogP contribution is 2.49. The summed E-state index contributed by atoms with van der Waals surface area (Å²) in [6.07, 6.45) is 15.5. The van der Waals surface area contributed by atoms with Crippen molar-refractivity contribution in [3.8, 4) is 0 Å². The monoisotopic (exact) mass is 416 g/mol. The summed E-state index contributed by atoms with van der Waals surface area (Å²) in [6, 6.07) is 2.35. The van der Waals surface area contributed by atoms with E-state index in [1.807, 2.05) is 0 Å². The molecule has 0 aromatic heterocycles. The van der Waals surface area contributed by atoms with Gasteiger partial charge in [0.25, 0.3) is 0 Å². The molecule has 4 rings (SSSR count). The Labute approximate surface area is 188 Å². The molecule has 0 amide bonds. The third-order valence-electron chi connectivity index (χ3n) is 10.4. The summed E-state index contributed by atoms with van der Waals surface area (Å²) in [6.45, 7) is 15.0. The van der Waals surface area contributed by atoms with Gasteiger partial charge in [0.05, 0.1) is 0 Å². The molecule has 2 heterocycles. The highest BCUT2D eigenvalue weighted by Gasteiger charge is 2.50. The van der Waals surface area contributed by atoms with Crippen LogP contribution in [-0.4, -0.2) is 23.7 Å². The van der Waals surface area contributed by atoms with Crippen molar-refractivity contribution in [3.05, 3.63) is 0 Å². The zero-order valence-electron chi connectivity index (χ0n) is 21.1. The first-order valence-corrected chi connectivity index (χ1v) is 13.9. The molecule has 30 heavy (non-hydrogen) atoms. The predicted octanol–water partition coefficient (Wildman–Crippen LogP) is 6.79. The van der Waals surface area contributed by atoms with Crippen molar-refractivity contribution in [2.24, 2.45) is 41.4 Å². The Kier molecular flexibility index (Phi) is 7.25. The zero-order chi connectivity index (χ0) is 21.5. The van der Waals surface area contributed by atoms with Crippen LogP contribution in [0.4, 0.5) is 0 Å². The molecule has 2 heteroatoms. The molecule has 0 aromatic carbocycles. The first kappa shape index (κ1) is 23.1. The molecule has 2 aliphatic carbocycles. The van der Waals surface area contributed by atoms with Gasteiger partial charge in [-0.3, -0.25) is 0 Å². The third-order valence-corrected chi connectivity index (χ3v) is 10.4. The zero-order valence-corrected chi connectivity index (χ0v) is 21.1. The summed E-state index contributed by atoms with van der Waals surface area (Å²) < 4.78 is 0. The van der Waals surface area contributed by atoms with Crippen LogP contribution in [0.25, 0.3) is 0 Å². The lowest BCUT2D eigenvalue weighted by atomic mass is 9.57. The maximum atomic E-state index is 4.35. The van der Waals surface area contributed by atoms with E-state index < -0.39 is 0 Å². The van der Waals surface area contributed by atoms with Crippen LogP contribution >= 0.6 is 0 Å². The number of hydrogen-bond donors (Lipinski definition) is 2. The van der Waals surface area contributed by atoms with Crippen molar-refractivity contribution in [3.63, 3.8) is 0 Å². The lowest BCUT2D eigenvalue weighted by Crippen LogP contribution is -2.64. The fourth-order valence-corrected chi connectivity index (χ4v) is 9.23. The highest BCUT2D eigenvalue weighted by molar-refractivity contribution is 5.05. The van der Waals surface area contributed by atoms with Crippen LogP contribution in [0.15, 0.2) is 0 Å². The van der Waals surface area contributed by atoms with E-state index in [0.717, 1.165) is 59.6 Å². The van der Waals surface area contributed by atoms with Crippen molar-refractivity contribution in [2.75, 3.05) is 0 Å². The maximum absolute atomic E-state index is 4.35. The number of piperidine rings is 2. The van der Waals surface area contributed by atoms with Gasteiger partial charge in [-0.05, 0) is 93.3 Å². The van der Waals surface area contributed by atoms with E-state index in [9.17, 15) is 0 Å². The molecule has 0 bridgehead atoms. The van der Waals surface area contributed by atoms with Gasteiger partial charge in [-0.25, -0.2) is 0 Å². The molecule has 2 aliphatic heterocycles. The van der Waals surface area contributed by atoms with E-state index in [1.165, 1.54) is 70.6 Å². The van der Waals surface area contributed by atoms with E-state index in [0.29, 0.717) is 5.54 Å². The lowest BCUT2D eigenvalue weighted by molar-refractivity contribution is -0.0223. The molecule has 11 atom stereocenters. The molecule has 4 aliphatic rings. The normalized spacial score (nSPS) is 51.8. The van der Waals surface area contributed by atoms with E-state index in [1.54, 1.807) is 0 Å². The second-order valence-electron chi connectivity index (χ2n) is 12.6. The van der Waals surface area contributed by atoms with Crippen molar-refractivity contribution in [2.45, 2.75) is 136 Å². The molecule has 0 aromatic rings. The fourth-order valence-electron chi connectivity index (χ4n) is 9.23. The Balaban J connectivity index is 1.48. The van der Waals surface area contributed by atoms with Crippen LogP contribution < -0.4 is 10.6 Å². The van der Waals surface area contributed by atoms with E-state index >= 15 is 0 Å². The minimum absolute atomic E-state index is 0.385. The van der Waals surface area contributed by atoms with Crippen molar-refractivity contribution in [1.82, 2.24) is 10.6 Å². The molecule has 2 nitrogen and oxygen atoms in total. The van der Waals surface area contributed by atoms with Crippen LogP contribution in [0.2, 0.25) is 0 Å². The molecular weight excluding hydrogens is 364 g/mol. The van der Waals surface area contributed by atoms with Gasteiger partial charge in [-0.15, -0.1) is 0 Å².